The molecule has 0 saturated heterocycles. The van der Waals surface area contributed by atoms with Crippen LogP contribution in [0.1, 0.15) is 11.1 Å². The number of carbonyl (C=O) groups excluding carboxylic acids is 1. The van der Waals surface area contributed by atoms with Crippen LogP contribution >= 0.6 is 0 Å². The van der Waals surface area contributed by atoms with Gasteiger partial charge < -0.3 is 4.74 Å². The fourth-order valence-corrected chi connectivity index (χ4v) is 1.86. The van der Waals surface area contributed by atoms with Crippen LogP contribution in [0, 0.1) is 6.92 Å². The largest absolute Gasteiger partial charge is 0.367 e. The summed E-state index contributed by atoms with van der Waals surface area (Å²) in [7, 11) is 1.50. The minimum absolute atomic E-state index is 0.00106. The molecular formula is C15H18N2O2. The van der Waals surface area contributed by atoms with Gasteiger partial charge in [0.2, 0.25) is 0 Å². The molecule has 19 heavy (non-hydrogen) atoms. The highest BCUT2D eigenvalue weighted by molar-refractivity contribution is 5.83. The number of hydrogen-bond acceptors (Lipinski definition) is 3. The third kappa shape index (κ3) is 3.53. The van der Waals surface area contributed by atoms with Crippen LogP contribution in [0.25, 0.3) is 10.8 Å². The standard InChI is InChI=1S/C15H18N2O2/c1-11-3-5-14-8-12(4-6-13(14)7-11)9-19-10-15(18)17(2)16/h3-8H,9-10,16H2,1-2H3. The Hall–Kier alpha value is -1.91. The number of carbonyl (C=O) groups is 1. The van der Waals surface area contributed by atoms with E-state index in [0.717, 1.165) is 10.6 Å². The topological polar surface area (TPSA) is 55.6 Å². The fraction of sp³-hybridized carbons (Fsp3) is 0.267. The first-order valence-corrected chi connectivity index (χ1v) is 6.14. The smallest absolute Gasteiger partial charge is 0.262 e. The lowest BCUT2D eigenvalue weighted by Crippen LogP contribution is -2.35. The lowest BCUT2D eigenvalue weighted by molar-refractivity contribution is -0.135. The van der Waals surface area contributed by atoms with Gasteiger partial charge in [0.05, 0.1) is 6.61 Å². The van der Waals surface area contributed by atoms with Gasteiger partial charge >= 0.3 is 0 Å². The molecule has 2 aromatic rings. The quantitative estimate of drug-likeness (QED) is 0.518. The number of rotatable bonds is 4. The summed E-state index contributed by atoms with van der Waals surface area (Å²) in [5, 5.41) is 3.42. The van der Waals surface area contributed by atoms with E-state index in [0.29, 0.717) is 6.61 Å². The van der Waals surface area contributed by atoms with E-state index < -0.39 is 0 Å². The molecule has 0 unspecified atom stereocenters. The first kappa shape index (κ1) is 13.5. The molecule has 0 atom stereocenters. The predicted octanol–water partition coefficient (Wildman–Crippen LogP) is 2.00. The summed E-state index contributed by atoms with van der Waals surface area (Å²) < 4.78 is 5.34. The second kappa shape index (κ2) is 5.82. The first-order valence-electron chi connectivity index (χ1n) is 6.14. The second-order valence-corrected chi connectivity index (χ2v) is 4.68. The highest BCUT2D eigenvalue weighted by Crippen LogP contribution is 2.18. The van der Waals surface area contributed by atoms with Crippen molar-refractivity contribution in [2.45, 2.75) is 13.5 Å². The Labute approximate surface area is 112 Å². The van der Waals surface area contributed by atoms with E-state index in [2.05, 4.69) is 37.3 Å². The molecular weight excluding hydrogens is 240 g/mol. The van der Waals surface area contributed by atoms with Crippen molar-refractivity contribution in [3.8, 4) is 0 Å². The van der Waals surface area contributed by atoms with E-state index in [9.17, 15) is 4.79 Å². The lowest BCUT2D eigenvalue weighted by Gasteiger charge is -2.10. The zero-order valence-electron chi connectivity index (χ0n) is 11.2. The summed E-state index contributed by atoms with van der Waals surface area (Å²) in [4.78, 5) is 11.3. The molecule has 0 heterocycles. The van der Waals surface area contributed by atoms with Crippen LogP contribution in [0.4, 0.5) is 0 Å². The molecule has 100 valence electrons. The Kier molecular flexibility index (Phi) is 4.14. The van der Waals surface area contributed by atoms with E-state index in [1.807, 2.05) is 6.07 Å². The molecule has 4 nitrogen and oxygen atoms in total. The van der Waals surface area contributed by atoms with Crippen molar-refractivity contribution in [3.05, 3.63) is 47.5 Å². The average molecular weight is 258 g/mol. The molecule has 2 N–H and O–H groups in total. The number of ether oxygens (including phenoxy) is 1. The number of likely N-dealkylation sites (N-methyl/N-ethyl adjacent to an activating group) is 1. The molecule has 1 amide bonds. The number of hydrogen-bond donors (Lipinski definition) is 1. The summed E-state index contributed by atoms with van der Waals surface area (Å²) in [5.74, 6) is 5.07. The van der Waals surface area contributed by atoms with Gasteiger partial charge in [-0.1, -0.05) is 35.9 Å². The van der Waals surface area contributed by atoms with Crippen LogP contribution in [0.2, 0.25) is 0 Å². The summed E-state index contributed by atoms with van der Waals surface area (Å²) in [6, 6.07) is 12.5. The average Bonchev–Trinajstić information content (AvgIpc) is 2.38. The van der Waals surface area contributed by atoms with E-state index in [1.165, 1.54) is 23.4 Å². The number of aryl methyl sites for hydroxylation is 1. The minimum atomic E-state index is -0.239. The Morgan fingerprint density at radius 2 is 1.89 bits per heavy atom. The number of nitrogens with zero attached hydrogens (tertiary/aromatic N) is 1. The van der Waals surface area contributed by atoms with Crippen molar-refractivity contribution < 1.29 is 9.53 Å². The third-order valence-electron chi connectivity index (χ3n) is 2.95. The van der Waals surface area contributed by atoms with Crippen LogP contribution in [0.3, 0.4) is 0 Å². The molecule has 0 aliphatic carbocycles. The van der Waals surface area contributed by atoms with Gasteiger partial charge in [-0.3, -0.25) is 9.80 Å². The second-order valence-electron chi connectivity index (χ2n) is 4.68. The molecule has 4 heteroatoms. The van der Waals surface area contributed by atoms with Crippen molar-refractivity contribution >= 4 is 16.7 Å². The molecule has 0 aliphatic rings. The highest BCUT2D eigenvalue weighted by Gasteiger charge is 2.04. The van der Waals surface area contributed by atoms with Crippen molar-refractivity contribution in [2.75, 3.05) is 13.7 Å². The predicted molar refractivity (Wildman–Crippen MR) is 75.3 cm³/mol. The Morgan fingerprint density at radius 3 is 2.63 bits per heavy atom. The molecule has 0 saturated carbocycles. The highest BCUT2D eigenvalue weighted by atomic mass is 16.5. The van der Waals surface area contributed by atoms with Gasteiger partial charge in [-0.05, 0) is 29.3 Å². The maximum Gasteiger partial charge on any atom is 0.262 e. The molecule has 0 radical (unpaired) electrons. The molecule has 0 bridgehead atoms. The lowest BCUT2D eigenvalue weighted by atomic mass is 10.1. The van der Waals surface area contributed by atoms with E-state index >= 15 is 0 Å². The Morgan fingerprint density at radius 1 is 1.21 bits per heavy atom. The van der Waals surface area contributed by atoms with Crippen LogP contribution in [0.5, 0.6) is 0 Å². The molecule has 0 aromatic heterocycles. The van der Waals surface area contributed by atoms with Gasteiger partial charge in [0.25, 0.3) is 5.91 Å². The molecule has 0 spiro atoms. The third-order valence-corrected chi connectivity index (χ3v) is 2.95. The van der Waals surface area contributed by atoms with Crippen LogP contribution in [0.15, 0.2) is 36.4 Å². The molecule has 2 rings (SSSR count). The zero-order chi connectivity index (χ0) is 13.8. The van der Waals surface area contributed by atoms with Crippen molar-refractivity contribution in [3.63, 3.8) is 0 Å². The summed E-state index contributed by atoms with van der Waals surface area (Å²) in [6.07, 6.45) is 0. The van der Waals surface area contributed by atoms with Crippen LogP contribution in [-0.4, -0.2) is 24.6 Å². The summed E-state index contributed by atoms with van der Waals surface area (Å²) in [5.41, 5.74) is 2.29. The molecule has 2 aromatic carbocycles. The molecule has 0 aliphatic heterocycles. The van der Waals surface area contributed by atoms with Crippen LogP contribution < -0.4 is 5.84 Å². The Balaban J connectivity index is 2.02. The van der Waals surface area contributed by atoms with E-state index in [4.69, 9.17) is 10.6 Å². The number of nitrogens with two attached hydrogens (primary N) is 1. The Bertz CT molecular complexity index is 594. The number of amides is 1. The minimum Gasteiger partial charge on any atom is -0.367 e. The normalized spacial score (nSPS) is 10.7. The van der Waals surface area contributed by atoms with E-state index in [1.54, 1.807) is 0 Å². The van der Waals surface area contributed by atoms with Crippen molar-refractivity contribution in [2.24, 2.45) is 5.84 Å². The first-order chi connectivity index (χ1) is 9.06. The van der Waals surface area contributed by atoms with E-state index in [-0.39, 0.29) is 12.5 Å². The van der Waals surface area contributed by atoms with Gasteiger partial charge in [0.1, 0.15) is 6.61 Å². The number of benzene rings is 2. The summed E-state index contributed by atoms with van der Waals surface area (Å²) in [6.45, 7) is 2.48. The van der Waals surface area contributed by atoms with Crippen LogP contribution in [-0.2, 0) is 16.1 Å². The SMILES string of the molecule is Cc1ccc2cc(COCC(=O)N(C)N)ccc2c1. The maximum atomic E-state index is 11.3. The fourth-order valence-electron chi connectivity index (χ4n) is 1.86. The molecule has 0 fully saturated rings. The van der Waals surface area contributed by atoms with Gasteiger partial charge in [0, 0.05) is 7.05 Å². The monoisotopic (exact) mass is 258 g/mol. The van der Waals surface area contributed by atoms with Gasteiger partial charge in [0.15, 0.2) is 0 Å². The van der Waals surface area contributed by atoms with Gasteiger partial charge in [-0.25, -0.2) is 5.84 Å². The van der Waals surface area contributed by atoms with Gasteiger partial charge in [-0.2, -0.15) is 0 Å². The van der Waals surface area contributed by atoms with Crippen molar-refractivity contribution in [1.29, 1.82) is 0 Å². The zero-order valence-corrected chi connectivity index (χ0v) is 11.2. The summed E-state index contributed by atoms with van der Waals surface area (Å²) >= 11 is 0. The number of fused-ring (bicyclic) bond motifs is 1. The van der Waals surface area contributed by atoms with Gasteiger partial charge in [-0.15, -0.1) is 0 Å². The van der Waals surface area contributed by atoms with Crippen molar-refractivity contribution in [1.82, 2.24) is 5.01 Å². The maximum absolute atomic E-state index is 11.3. The number of hydrazine groups is 1.